The molecule has 1 saturated carbocycles. The van der Waals surface area contributed by atoms with E-state index in [1.807, 2.05) is 5.57 Å². The second-order valence-electron chi connectivity index (χ2n) is 4.74. The minimum absolute atomic E-state index is 0.670. The molecule has 12 heavy (non-hydrogen) atoms. The van der Waals surface area contributed by atoms with E-state index in [1.54, 1.807) is 5.57 Å². The van der Waals surface area contributed by atoms with Crippen molar-refractivity contribution >= 4 is 0 Å². The van der Waals surface area contributed by atoms with Crippen molar-refractivity contribution in [3.63, 3.8) is 0 Å². The summed E-state index contributed by atoms with van der Waals surface area (Å²) in [5.74, 6) is 0.828. The Morgan fingerprint density at radius 1 is 1.50 bits per heavy atom. The maximum atomic E-state index is 2.44. The molecule has 0 aromatic heterocycles. The fraction of sp³-hybridized carbons (Fsp3) is 0.667. The van der Waals surface area contributed by atoms with Gasteiger partial charge in [0.1, 0.15) is 0 Å². The highest BCUT2D eigenvalue weighted by Gasteiger charge is 2.46. The highest BCUT2D eigenvalue weighted by molar-refractivity contribution is 5.38. The van der Waals surface area contributed by atoms with Gasteiger partial charge >= 0.3 is 0 Å². The van der Waals surface area contributed by atoms with Gasteiger partial charge in [-0.2, -0.15) is 0 Å². The van der Waals surface area contributed by atoms with Crippen LogP contribution in [-0.2, 0) is 0 Å². The Morgan fingerprint density at radius 3 is 3.33 bits per heavy atom. The zero-order valence-corrected chi connectivity index (χ0v) is 7.77. The van der Waals surface area contributed by atoms with Gasteiger partial charge in [0.15, 0.2) is 0 Å². The molecule has 0 radical (unpaired) electrons. The van der Waals surface area contributed by atoms with E-state index in [1.165, 1.54) is 32.1 Å². The van der Waals surface area contributed by atoms with E-state index in [9.17, 15) is 0 Å². The molecular formula is C12H16. The molecule has 3 rings (SSSR count). The summed E-state index contributed by atoms with van der Waals surface area (Å²) in [4.78, 5) is 0. The van der Waals surface area contributed by atoms with Crippen LogP contribution in [0.2, 0.25) is 0 Å². The first-order chi connectivity index (χ1) is 5.82. The molecule has 1 unspecified atom stereocenters. The van der Waals surface area contributed by atoms with Gasteiger partial charge in [0.2, 0.25) is 0 Å². The first-order valence-electron chi connectivity index (χ1n) is 5.19. The van der Waals surface area contributed by atoms with E-state index >= 15 is 0 Å². The normalized spacial score (nSPS) is 43.9. The van der Waals surface area contributed by atoms with E-state index in [-0.39, 0.29) is 0 Å². The molecule has 0 saturated heterocycles. The van der Waals surface area contributed by atoms with Gasteiger partial charge in [0, 0.05) is 0 Å². The average Bonchev–Trinajstić information content (AvgIpc) is 2.53. The van der Waals surface area contributed by atoms with Crippen molar-refractivity contribution in [2.75, 3.05) is 0 Å². The lowest BCUT2D eigenvalue weighted by molar-refractivity contribution is 0.330. The highest BCUT2D eigenvalue weighted by atomic mass is 14.5. The molecule has 3 aliphatic carbocycles. The molecule has 3 aliphatic rings. The number of rotatable bonds is 0. The SMILES string of the molecule is CC1=C2CCC[C@]23CC=CC1C3. The predicted molar refractivity (Wildman–Crippen MR) is 50.8 cm³/mol. The van der Waals surface area contributed by atoms with Crippen LogP contribution in [0.5, 0.6) is 0 Å². The summed E-state index contributed by atoms with van der Waals surface area (Å²) in [5.41, 5.74) is 4.24. The third-order valence-corrected chi connectivity index (χ3v) is 4.24. The largest absolute Gasteiger partial charge is 0.0871 e. The average molecular weight is 160 g/mol. The second kappa shape index (κ2) is 2.04. The van der Waals surface area contributed by atoms with Gasteiger partial charge in [-0.15, -0.1) is 0 Å². The fourth-order valence-corrected chi connectivity index (χ4v) is 3.64. The maximum Gasteiger partial charge on any atom is -0.00147 e. The lowest BCUT2D eigenvalue weighted by Gasteiger charge is -2.28. The third kappa shape index (κ3) is 0.646. The molecule has 1 spiro atoms. The van der Waals surface area contributed by atoms with Crippen LogP contribution in [0.25, 0.3) is 0 Å². The van der Waals surface area contributed by atoms with E-state index in [0.717, 1.165) is 5.92 Å². The predicted octanol–water partition coefficient (Wildman–Crippen LogP) is 3.45. The molecule has 0 N–H and O–H groups in total. The van der Waals surface area contributed by atoms with Crippen LogP contribution in [0, 0.1) is 11.3 Å². The van der Waals surface area contributed by atoms with Gasteiger partial charge in [-0.1, -0.05) is 23.3 Å². The van der Waals surface area contributed by atoms with E-state index in [2.05, 4.69) is 19.1 Å². The minimum Gasteiger partial charge on any atom is -0.0871 e. The molecule has 0 aliphatic heterocycles. The van der Waals surface area contributed by atoms with Crippen molar-refractivity contribution in [3.05, 3.63) is 23.3 Å². The molecule has 0 heterocycles. The maximum absolute atomic E-state index is 2.44. The van der Waals surface area contributed by atoms with E-state index in [4.69, 9.17) is 0 Å². The molecule has 2 bridgehead atoms. The molecule has 0 amide bonds. The molecule has 0 nitrogen and oxygen atoms in total. The number of hydrogen-bond acceptors (Lipinski definition) is 0. The summed E-state index contributed by atoms with van der Waals surface area (Å²) in [5, 5.41) is 0. The quantitative estimate of drug-likeness (QED) is 0.476. The fourth-order valence-electron chi connectivity index (χ4n) is 3.64. The smallest absolute Gasteiger partial charge is 0.00147 e. The topological polar surface area (TPSA) is 0 Å². The molecular weight excluding hydrogens is 144 g/mol. The van der Waals surface area contributed by atoms with Gasteiger partial charge in [0.25, 0.3) is 0 Å². The first-order valence-corrected chi connectivity index (χ1v) is 5.19. The van der Waals surface area contributed by atoms with Crippen molar-refractivity contribution in [2.45, 2.75) is 39.0 Å². The van der Waals surface area contributed by atoms with Crippen LogP contribution in [0.1, 0.15) is 39.0 Å². The van der Waals surface area contributed by atoms with Gasteiger partial charge in [0.05, 0.1) is 0 Å². The Labute approximate surface area is 74.4 Å². The van der Waals surface area contributed by atoms with Gasteiger partial charge in [-0.25, -0.2) is 0 Å². The Kier molecular flexibility index (Phi) is 1.18. The van der Waals surface area contributed by atoms with Gasteiger partial charge < -0.3 is 0 Å². The van der Waals surface area contributed by atoms with Crippen LogP contribution >= 0.6 is 0 Å². The summed E-state index contributed by atoms with van der Waals surface area (Å²) in [7, 11) is 0. The standard InChI is InChI=1S/C12H16/c1-9-10-4-2-6-12(8-10)7-3-5-11(9)12/h2,4,10H,3,5-8H2,1H3/t10?,12-/m0/s1. The Balaban J connectivity index is 2.16. The van der Waals surface area contributed by atoms with Crippen molar-refractivity contribution in [3.8, 4) is 0 Å². The van der Waals surface area contributed by atoms with Gasteiger partial charge in [-0.05, 0) is 50.4 Å². The van der Waals surface area contributed by atoms with E-state index in [0.29, 0.717) is 5.41 Å². The van der Waals surface area contributed by atoms with Crippen molar-refractivity contribution in [1.29, 1.82) is 0 Å². The molecule has 64 valence electrons. The summed E-state index contributed by atoms with van der Waals surface area (Å²) in [6, 6.07) is 0. The zero-order valence-electron chi connectivity index (χ0n) is 7.77. The zero-order chi connectivity index (χ0) is 8.18. The van der Waals surface area contributed by atoms with Crippen LogP contribution in [-0.4, -0.2) is 0 Å². The molecule has 1 fully saturated rings. The number of hydrogen-bond donors (Lipinski definition) is 0. The Bertz CT molecular complexity index is 282. The number of fused-ring (bicyclic) bond motifs is 1. The van der Waals surface area contributed by atoms with E-state index < -0.39 is 0 Å². The van der Waals surface area contributed by atoms with Crippen LogP contribution < -0.4 is 0 Å². The highest BCUT2D eigenvalue weighted by Crippen LogP contribution is 2.59. The third-order valence-electron chi connectivity index (χ3n) is 4.24. The van der Waals surface area contributed by atoms with Crippen molar-refractivity contribution in [1.82, 2.24) is 0 Å². The second-order valence-corrected chi connectivity index (χ2v) is 4.74. The molecule has 0 aromatic carbocycles. The Hall–Kier alpha value is -0.520. The molecule has 0 heteroatoms. The summed E-state index contributed by atoms with van der Waals surface area (Å²) in [6.07, 6.45) is 12.0. The molecule has 2 atom stereocenters. The lowest BCUT2D eigenvalue weighted by Crippen LogP contribution is -2.17. The van der Waals surface area contributed by atoms with Gasteiger partial charge in [-0.3, -0.25) is 0 Å². The summed E-state index contributed by atoms with van der Waals surface area (Å²) < 4.78 is 0. The first kappa shape index (κ1) is 6.94. The van der Waals surface area contributed by atoms with Crippen molar-refractivity contribution in [2.24, 2.45) is 11.3 Å². The van der Waals surface area contributed by atoms with Crippen LogP contribution in [0.4, 0.5) is 0 Å². The lowest BCUT2D eigenvalue weighted by atomic mass is 9.76. The monoisotopic (exact) mass is 160 g/mol. The van der Waals surface area contributed by atoms with Crippen LogP contribution in [0.3, 0.4) is 0 Å². The summed E-state index contributed by atoms with van der Waals surface area (Å²) >= 11 is 0. The number of allylic oxidation sites excluding steroid dienone is 4. The minimum atomic E-state index is 0.670. The Morgan fingerprint density at radius 2 is 2.42 bits per heavy atom. The van der Waals surface area contributed by atoms with Crippen LogP contribution in [0.15, 0.2) is 23.3 Å². The van der Waals surface area contributed by atoms with Crippen molar-refractivity contribution < 1.29 is 0 Å². The summed E-state index contributed by atoms with van der Waals surface area (Å²) in [6.45, 7) is 2.36. The molecule has 0 aromatic rings.